The lowest BCUT2D eigenvalue weighted by Crippen LogP contribution is -2.45. The Bertz CT molecular complexity index is 1350. The number of aliphatic hydroxyl groups excluding tert-OH is 2. The molecule has 2 atom stereocenters. The standard InChI is InChI=1S/C67H117NO3/c1-3-5-7-9-11-13-15-17-19-21-23-25-27-29-31-33-34-35-37-39-41-43-45-47-49-51-53-55-57-59-61-63-67(71)68-65(64-69)66(70)62-60-58-56-54-52-50-48-46-44-42-40-38-36-32-30-28-26-24-22-20-18-16-14-12-10-8-6-4-2/h5,7,11,13,17,19,23,25,29,31,34-35,39,41,45,47,60,62,65-66,69-70H,3-4,6,8-10,12,14-16,18,20-22,24,26-28,30,32-33,36-38,40,42-44,46,48-59,61,63-64H2,1-2H3,(H,68,71)/b7-5-,13-11-,19-17-,25-23-,31-29-,35-34-,41-39-,47-45-,62-60+. The second-order valence-corrected chi connectivity index (χ2v) is 20.4. The fourth-order valence-electron chi connectivity index (χ4n) is 8.90. The molecule has 4 heteroatoms. The lowest BCUT2D eigenvalue weighted by atomic mass is 10.0. The highest BCUT2D eigenvalue weighted by Gasteiger charge is 2.18. The van der Waals surface area contributed by atoms with Crippen molar-refractivity contribution < 1.29 is 15.0 Å². The predicted octanol–water partition coefficient (Wildman–Crippen LogP) is 20.6. The maximum atomic E-state index is 12.5. The molecule has 0 aliphatic heterocycles. The van der Waals surface area contributed by atoms with Crippen molar-refractivity contribution in [2.45, 2.75) is 302 Å². The number of unbranched alkanes of at least 4 members (excludes halogenated alkanes) is 32. The molecule has 0 aliphatic carbocycles. The van der Waals surface area contributed by atoms with E-state index in [4.69, 9.17) is 0 Å². The molecule has 0 aliphatic rings. The number of aliphatic hydroxyl groups is 2. The molecule has 0 bridgehead atoms. The highest BCUT2D eigenvalue weighted by Crippen LogP contribution is 2.17. The van der Waals surface area contributed by atoms with E-state index in [9.17, 15) is 15.0 Å². The zero-order valence-corrected chi connectivity index (χ0v) is 47.0. The fraction of sp³-hybridized carbons (Fsp3) is 0.716. The molecule has 3 N–H and O–H groups in total. The second-order valence-electron chi connectivity index (χ2n) is 20.4. The first-order valence-corrected chi connectivity index (χ1v) is 30.6. The Balaban J connectivity index is 3.58. The molecule has 0 aromatic carbocycles. The lowest BCUT2D eigenvalue weighted by molar-refractivity contribution is -0.123. The number of allylic oxidation sites excluding steroid dienone is 17. The Morgan fingerprint density at radius 3 is 0.930 bits per heavy atom. The van der Waals surface area contributed by atoms with Gasteiger partial charge in [-0.05, 0) is 83.5 Å². The van der Waals surface area contributed by atoms with E-state index in [1.165, 1.54) is 180 Å². The van der Waals surface area contributed by atoms with Crippen LogP contribution in [0, 0.1) is 0 Å². The molecule has 1 amide bonds. The molecule has 0 rings (SSSR count). The van der Waals surface area contributed by atoms with Crippen molar-refractivity contribution in [3.63, 3.8) is 0 Å². The van der Waals surface area contributed by atoms with Gasteiger partial charge in [-0.15, -0.1) is 0 Å². The summed E-state index contributed by atoms with van der Waals surface area (Å²) in [6, 6.07) is -0.640. The molecule has 71 heavy (non-hydrogen) atoms. The molecule has 2 unspecified atom stereocenters. The predicted molar refractivity (Wildman–Crippen MR) is 317 cm³/mol. The Hall–Kier alpha value is -2.95. The summed E-state index contributed by atoms with van der Waals surface area (Å²) < 4.78 is 0. The Labute approximate surface area is 442 Å². The van der Waals surface area contributed by atoms with Crippen molar-refractivity contribution in [3.05, 3.63) is 109 Å². The molecule has 408 valence electrons. The molecule has 0 saturated heterocycles. The van der Waals surface area contributed by atoms with Crippen molar-refractivity contribution in [1.29, 1.82) is 0 Å². The third-order valence-corrected chi connectivity index (χ3v) is 13.5. The number of nitrogens with one attached hydrogen (secondary N) is 1. The van der Waals surface area contributed by atoms with Crippen LogP contribution in [0.25, 0.3) is 0 Å². The third kappa shape index (κ3) is 57.8. The van der Waals surface area contributed by atoms with Crippen molar-refractivity contribution in [1.82, 2.24) is 5.32 Å². The number of amides is 1. The summed E-state index contributed by atoms with van der Waals surface area (Å²) in [6.07, 6.45) is 92.6. The topological polar surface area (TPSA) is 69.6 Å². The first-order chi connectivity index (χ1) is 35.2. The van der Waals surface area contributed by atoms with Gasteiger partial charge >= 0.3 is 0 Å². The summed E-state index contributed by atoms with van der Waals surface area (Å²) in [4.78, 5) is 12.5. The van der Waals surface area contributed by atoms with Gasteiger partial charge in [0.2, 0.25) is 5.91 Å². The molecule has 0 fully saturated rings. The highest BCUT2D eigenvalue weighted by atomic mass is 16.3. The minimum absolute atomic E-state index is 0.0801. The number of hydrogen-bond donors (Lipinski definition) is 3. The van der Waals surface area contributed by atoms with Gasteiger partial charge in [0.05, 0.1) is 18.8 Å². The van der Waals surface area contributed by atoms with E-state index in [0.717, 1.165) is 89.9 Å². The van der Waals surface area contributed by atoms with E-state index in [1.807, 2.05) is 6.08 Å². The average Bonchev–Trinajstić information content (AvgIpc) is 3.37. The van der Waals surface area contributed by atoms with E-state index in [1.54, 1.807) is 6.08 Å². The molecule has 0 heterocycles. The molecule has 0 spiro atoms. The fourth-order valence-corrected chi connectivity index (χ4v) is 8.90. The largest absolute Gasteiger partial charge is 0.394 e. The van der Waals surface area contributed by atoms with Crippen LogP contribution >= 0.6 is 0 Å². The van der Waals surface area contributed by atoms with Crippen molar-refractivity contribution in [3.8, 4) is 0 Å². The molecule has 0 radical (unpaired) electrons. The van der Waals surface area contributed by atoms with E-state index < -0.39 is 12.1 Å². The Morgan fingerprint density at radius 2 is 0.620 bits per heavy atom. The maximum absolute atomic E-state index is 12.5. The summed E-state index contributed by atoms with van der Waals surface area (Å²) >= 11 is 0. The van der Waals surface area contributed by atoms with E-state index in [0.29, 0.717) is 6.42 Å². The van der Waals surface area contributed by atoms with Gasteiger partial charge in [0.25, 0.3) is 0 Å². The van der Waals surface area contributed by atoms with Crippen molar-refractivity contribution >= 4 is 5.91 Å². The van der Waals surface area contributed by atoms with Crippen LogP contribution in [0.15, 0.2) is 109 Å². The summed E-state index contributed by atoms with van der Waals surface area (Å²) in [5, 5.41) is 23.2. The van der Waals surface area contributed by atoms with Gasteiger partial charge in [0.15, 0.2) is 0 Å². The molecule has 0 saturated carbocycles. The van der Waals surface area contributed by atoms with Crippen molar-refractivity contribution in [2.75, 3.05) is 6.61 Å². The number of carbonyl (C=O) groups excluding carboxylic acids is 1. The quantitative estimate of drug-likeness (QED) is 0.0420. The zero-order chi connectivity index (χ0) is 51.3. The minimum Gasteiger partial charge on any atom is -0.394 e. The van der Waals surface area contributed by atoms with E-state index >= 15 is 0 Å². The van der Waals surface area contributed by atoms with Gasteiger partial charge in [0, 0.05) is 6.42 Å². The van der Waals surface area contributed by atoms with Crippen LogP contribution in [0.4, 0.5) is 0 Å². The van der Waals surface area contributed by atoms with Crippen LogP contribution in [0.1, 0.15) is 290 Å². The number of hydrogen-bond acceptors (Lipinski definition) is 3. The molecule has 0 aromatic rings. The first kappa shape index (κ1) is 68.0. The van der Waals surface area contributed by atoms with E-state index in [-0.39, 0.29) is 12.5 Å². The van der Waals surface area contributed by atoms with Crippen LogP contribution in [-0.2, 0) is 4.79 Å². The number of carbonyl (C=O) groups is 1. The second kappa shape index (κ2) is 61.4. The van der Waals surface area contributed by atoms with Gasteiger partial charge in [-0.1, -0.05) is 309 Å². The zero-order valence-electron chi connectivity index (χ0n) is 47.0. The summed E-state index contributed by atoms with van der Waals surface area (Å²) in [7, 11) is 0. The summed E-state index contributed by atoms with van der Waals surface area (Å²) in [5.41, 5.74) is 0. The van der Waals surface area contributed by atoms with Crippen LogP contribution in [0.5, 0.6) is 0 Å². The Morgan fingerprint density at radius 1 is 0.352 bits per heavy atom. The maximum Gasteiger partial charge on any atom is 0.220 e. The van der Waals surface area contributed by atoms with Gasteiger partial charge in [-0.25, -0.2) is 0 Å². The molecule has 4 nitrogen and oxygen atoms in total. The van der Waals surface area contributed by atoms with Crippen LogP contribution in [0.3, 0.4) is 0 Å². The minimum atomic E-state index is -0.855. The first-order valence-electron chi connectivity index (χ1n) is 30.6. The average molecular weight is 985 g/mol. The number of rotatable bonds is 55. The van der Waals surface area contributed by atoms with Crippen LogP contribution < -0.4 is 5.32 Å². The summed E-state index contributed by atoms with van der Waals surface area (Å²) in [6.45, 7) is 4.21. The molecular weight excluding hydrogens is 867 g/mol. The van der Waals surface area contributed by atoms with Gasteiger partial charge < -0.3 is 15.5 Å². The monoisotopic (exact) mass is 984 g/mol. The third-order valence-electron chi connectivity index (χ3n) is 13.5. The van der Waals surface area contributed by atoms with Gasteiger partial charge in [-0.2, -0.15) is 0 Å². The van der Waals surface area contributed by atoms with E-state index in [2.05, 4.69) is 116 Å². The highest BCUT2D eigenvalue weighted by molar-refractivity contribution is 5.76. The SMILES string of the molecule is CC/C=C\C/C=C\C/C=C\C/C=C\C/C=C\C/C=C\C/C=C\C/C=C\CCCCCCCCC(=O)NC(CO)C(O)/C=C/CCCCCCCCCCCCCCCCCCCCCCCCCCCC. The van der Waals surface area contributed by atoms with Crippen LogP contribution in [0.2, 0.25) is 0 Å². The molecular formula is C67H117NO3. The van der Waals surface area contributed by atoms with Gasteiger partial charge in [-0.3, -0.25) is 4.79 Å². The molecule has 0 aromatic heterocycles. The smallest absolute Gasteiger partial charge is 0.220 e. The van der Waals surface area contributed by atoms with Gasteiger partial charge in [0.1, 0.15) is 0 Å². The summed E-state index contributed by atoms with van der Waals surface area (Å²) in [5.74, 6) is -0.0801. The Kier molecular flexibility index (Phi) is 58.8. The normalized spacial score (nSPS) is 13.6. The lowest BCUT2D eigenvalue weighted by Gasteiger charge is -2.20. The van der Waals surface area contributed by atoms with Crippen LogP contribution in [-0.4, -0.2) is 34.9 Å². The van der Waals surface area contributed by atoms with Crippen molar-refractivity contribution in [2.24, 2.45) is 0 Å².